The van der Waals surface area contributed by atoms with Crippen LogP contribution in [0.3, 0.4) is 0 Å². The van der Waals surface area contributed by atoms with Crippen molar-refractivity contribution in [1.29, 1.82) is 5.26 Å². The largest absolute Gasteiger partial charge is 0.370 e. The number of carbonyl (C=O) groups is 1. The zero-order chi connectivity index (χ0) is 23.2. The standard InChI is InChI=1S/C28H36N4O/c29-23-28(24-10-4-1-5-11-24,25-12-6-2-7-13-25)16-21-31-19-14-27(15-20-31,22-26(30)33)32-17-8-3-9-18-32/h1-2,4-7,10-13H,3,8-9,14-22H2,(H2,30,33). The summed E-state index contributed by atoms with van der Waals surface area (Å²) in [7, 11) is 0. The molecule has 5 nitrogen and oxygen atoms in total. The first-order chi connectivity index (χ1) is 16.1. The average molecular weight is 445 g/mol. The van der Waals surface area contributed by atoms with Crippen molar-refractivity contribution in [3.05, 3.63) is 71.8 Å². The molecule has 2 aliphatic heterocycles. The Hall–Kier alpha value is -2.68. The van der Waals surface area contributed by atoms with E-state index in [4.69, 9.17) is 5.73 Å². The first-order valence-corrected chi connectivity index (χ1v) is 12.4. The molecule has 2 N–H and O–H groups in total. The van der Waals surface area contributed by atoms with Gasteiger partial charge >= 0.3 is 0 Å². The molecule has 0 spiro atoms. The van der Waals surface area contributed by atoms with E-state index in [1.54, 1.807) is 0 Å². The molecule has 4 rings (SSSR count). The van der Waals surface area contributed by atoms with E-state index in [1.807, 2.05) is 36.4 Å². The summed E-state index contributed by atoms with van der Waals surface area (Å²) < 4.78 is 0. The van der Waals surface area contributed by atoms with Crippen molar-refractivity contribution in [1.82, 2.24) is 9.80 Å². The summed E-state index contributed by atoms with van der Waals surface area (Å²) in [5.41, 5.74) is 7.03. The van der Waals surface area contributed by atoms with Gasteiger partial charge in [-0.15, -0.1) is 0 Å². The fourth-order valence-corrected chi connectivity index (χ4v) is 5.90. The molecule has 2 aromatic rings. The molecule has 33 heavy (non-hydrogen) atoms. The van der Waals surface area contributed by atoms with E-state index in [0.717, 1.165) is 63.1 Å². The summed E-state index contributed by atoms with van der Waals surface area (Å²) in [6.07, 6.45) is 6.83. The lowest BCUT2D eigenvalue weighted by atomic mass is 9.73. The molecule has 2 saturated heterocycles. The Labute approximate surface area is 198 Å². The fraction of sp³-hybridized carbons (Fsp3) is 0.500. The summed E-state index contributed by atoms with van der Waals surface area (Å²) in [6, 6.07) is 23.0. The van der Waals surface area contributed by atoms with Crippen LogP contribution in [-0.4, -0.2) is 54.0 Å². The quantitative estimate of drug-likeness (QED) is 0.666. The molecule has 0 radical (unpaired) electrons. The minimum Gasteiger partial charge on any atom is -0.370 e. The van der Waals surface area contributed by atoms with Crippen molar-refractivity contribution in [3.8, 4) is 6.07 Å². The number of rotatable bonds is 8. The molecule has 0 unspecified atom stereocenters. The number of hydrogen-bond acceptors (Lipinski definition) is 4. The SMILES string of the molecule is N#CC(CCN1CCC(CC(N)=O)(N2CCCCC2)CC1)(c1ccccc1)c1ccccc1. The second kappa shape index (κ2) is 10.5. The van der Waals surface area contributed by atoms with Crippen molar-refractivity contribution < 1.29 is 4.79 Å². The topological polar surface area (TPSA) is 73.4 Å². The minimum absolute atomic E-state index is 0.0894. The van der Waals surface area contributed by atoms with E-state index < -0.39 is 5.41 Å². The second-order valence-corrected chi connectivity index (χ2v) is 9.76. The van der Waals surface area contributed by atoms with Crippen LogP contribution < -0.4 is 5.73 Å². The van der Waals surface area contributed by atoms with E-state index in [2.05, 4.69) is 40.1 Å². The van der Waals surface area contributed by atoms with Gasteiger partial charge in [-0.3, -0.25) is 9.69 Å². The van der Waals surface area contributed by atoms with E-state index in [1.165, 1.54) is 19.3 Å². The summed E-state index contributed by atoms with van der Waals surface area (Å²) in [4.78, 5) is 17.0. The molecule has 2 aromatic carbocycles. The number of benzene rings is 2. The molecule has 0 saturated carbocycles. The van der Waals surface area contributed by atoms with Gasteiger partial charge in [0, 0.05) is 18.5 Å². The van der Waals surface area contributed by atoms with Crippen LogP contribution in [0.15, 0.2) is 60.7 Å². The molecule has 174 valence electrons. The van der Waals surface area contributed by atoms with Gasteiger partial charge in [0.1, 0.15) is 5.41 Å². The predicted molar refractivity (Wildman–Crippen MR) is 132 cm³/mol. The fourth-order valence-electron chi connectivity index (χ4n) is 5.90. The molecular formula is C28H36N4O. The van der Waals surface area contributed by atoms with Crippen LogP contribution >= 0.6 is 0 Å². The Morgan fingerprint density at radius 3 is 1.94 bits per heavy atom. The number of amides is 1. The van der Waals surface area contributed by atoms with Gasteiger partial charge in [0.25, 0.3) is 0 Å². The van der Waals surface area contributed by atoms with Gasteiger partial charge in [-0.2, -0.15) is 5.26 Å². The van der Waals surface area contributed by atoms with Gasteiger partial charge in [0.15, 0.2) is 0 Å². The van der Waals surface area contributed by atoms with Crippen molar-refractivity contribution in [3.63, 3.8) is 0 Å². The summed E-state index contributed by atoms with van der Waals surface area (Å²) in [5.74, 6) is -0.189. The Bertz CT molecular complexity index is 899. The van der Waals surface area contributed by atoms with Gasteiger partial charge in [-0.05, 0) is 69.4 Å². The van der Waals surface area contributed by atoms with E-state index in [9.17, 15) is 10.1 Å². The average Bonchev–Trinajstić information content (AvgIpc) is 2.87. The zero-order valence-corrected chi connectivity index (χ0v) is 19.6. The smallest absolute Gasteiger partial charge is 0.219 e. The lowest BCUT2D eigenvalue weighted by Gasteiger charge is -2.50. The summed E-state index contributed by atoms with van der Waals surface area (Å²) in [5, 5.41) is 10.4. The molecule has 0 bridgehead atoms. The Morgan fingerprint density at radius 1 is 0.909 bits per heavy atom. The van der Waals surface area contributed by atoms with Gasteiger partial charge in [-0.25, -0.2) is 0 Å². The van der Waals surface area contributed by atoms with Gasteiger partial charge in [0.05, 0.1) is 6.07 Å². The van der Waals surface area contributed by atoms with Crippen LogP contribution in [-0.2, 0) is 10.2 Å². The number of likely N-dealkylation sites (tertiary alicyclic amines) is 2. The number of nitriles is 1. The van der Waals surface area contributed by atoms with Gasteiger partial charge < -0.3 is 10.6 Å². The molecule has 0 atom stereocenters. The predicted octanol–water partition coefficient (Wildman–Crippen LogP) is 4.08. The second-order valence-electron chi connectivity index (χ2n) is 9.76. The minimum atomic E-state index is -0.669. The molecule has 5 heteroatoms. The number of primary amides is 1. The highest BCUT2D eigenvalue weighted by Crippen LogP contribution is 2.38. The molecule has 1 amide bonds. The van der Waals surface area contributed by atoms with Gasteiger partial charge in [0.2, 0.25) is 5.91 Å². The zero-order valence-electron chi connectivity index (χ0n) is 19.6. The van der Waals surface area contributed by atoms with Crippen molar-refractivity contribution in [2.75, 3.05) is 32.7 Å². The Kier molecular flexibility index (Phi) is 7.47. The van der Waals surface area contributed by atoms with Crippen molar-refractivity contribution >= 4 is 5.91 Å². The molecule has 2 heterocycles. The maximum absolute atomic E-state index is 12.0. The van der Waals surface area contributed by atoms with Crippen molar-refractivity contribution in [2.24, 2.45) is 5.73 Å². The Balaban J connectivity index is 1.49. The third-order valence-corrected chi connectivity index (χ3v) is 7.84. The van der Waals surface area contributed by atoms with E-state index in [-0.39, 0.29) is 11.4 Å². The number of piperidine rings is 2. The van der Waals surface area contributed by atoms with Crippen molar-refractivity contribution in [2.45, 2.75) is 55.9 Å². The highest BCUT2D eigenvalue weighted by atomic mass is 16.1. The van der Waals surface area contributed by atoms with Crippen LogP contribution in [0, 0.1) is 11.3 Å². The third-order valence-electron chi connectivity index (χ3n) is 7.84. The number of nitrogens with zero attached hydrogens (tertiary/aromatic N) is 3. The lowest BCUT2D eigenvalue weighted by molar-refractivity contribution is -0.122. The van der Waals surface area contributed by atoms with Crippen LogP contribution in [0.1, 0.15) is 56.1 Å². The highest BCUT2D eigenvalue weighted by molar-refractivity contribution is 5.75. The monoisotopic (exact) mass is 444 g/mol. The van der Waals surface area contributed by atoms with E-state index in [0.29, 0.717) is 6.42 Å². The molecule has 0 aromatic heterocycles. The summed E-state index contributed by atoms with van der Waals surface area (Å²) in [6.45, 7) is 4.88. The van der Waals surface area contributed by atoms with E-state index >= 15 is 0 Å². The molecule has 0 aliphatic carbocycles. The lowest BCUT2D eigenvalue weighted by Crippen LogP contribution is -2.58. The first-order valence-electron chi connectivity index (χ1n) is 12.4. The maximum Gasteiger partial charge on any atom is 0.219 e. The maximum atomic E-state index is 12.0. The number of hydrogen-bond donors (Lipinski definition) is 1. The summed E-state index contributed by atoms with van der Waals surface area (Å²) >= 11 is 0. The highest BCUT2D eigenvalue weighted by Gasteiger charge is 2.42. The normalized spacial score (nSPS) is 19.6. The Morgan fingerprint density at radius 2 is 1.45 bits per heavy atom. The van der Waals surface area contributed by atoms with Crippen LogP contribution in [0.25, 0.3) is 0 Å². The van der Waals surface area contributed by atoms with Gasteiger partial charge in [-0.1, -0.05) is 67.1 Å². The molecule has 2 aliphatic rings. The third kappa shape index (κ3) is 5.13. The first kappa shape index (κ1) is 23.5. The molecule has 2 fully saturated rings. The number of nitrogens with two attached hydrogens (primary N) is 1. The van der Waals surface area contributed by atoms with Crippen LogP contribution in [0.5, 0.6) is 0 Å². The number of carbonyl (C=O) groups excluding carboxylic acids is 1. The van der Waals surface area contributed by atoms with Crippen LogP contribution in [0.2, 0.25) is 0 Å². The van der Waals surface area contributed by atoms with Crippen LogP contribution in [0.4, 0.5) is 0 Å². The molecular weight excluding hydrogens is 408 g/mol.